The van der Waals surface area contributed by atoms with Gasteiger partial charge in [-0.05, 0) is 0 Å². The monoisotopic (exact) mass is 283 g/mol. The second-order valence-electron chi connectivity index (χ2n) is 4.49. The number of imidazole rings is 1. The zero-order valence-electron chi connectivity index (χ0n) is 10.1. The Kier molecular flexibility index (Phi) is 3.03. The van der Waals surface area contributed by atoms with E-state index in [2.05, 4.69) is 19.9 Å². The first kappa shape index (κ1) is 13.1. The number of nitrogen functional groups attached to an aromatic ring is 1. The lowest BCUT2D eigenvalue weighted by atomic mass is 9.98. The number of aliphatic hydroxyl groups excluding tert-OH is 4. The summed E-state index contributed by atoms with van der Waals surface area (Å²) in [5, 5.41) is 38.4. The molecule has 7 N–H and O–H groups in total. The normalized spacial score (nSPS) is 34.5. The van der Waals surface area contributed by atoms with Crippen molar-refractivity contribution in [1.29, 1.82) is 0 Å². The molecule has 10 heteroatoms. The quantitative estimate of drug-likeness (QED) is 0.328. The number of anilines is 1. The molecular weight excluding hydrogens is 270 g/mol. The number of fused-ring (bicyclic) bond motifs is 1. The Balaban J connectivity index is 2.01. The van der Waals surface area contributed by atoms with Gasteiger partial charge < -0.3 is 35.9 Å². The van der Waals surface area contributed by atoms with Gasteiger partial charge in [-0.15, -0.1) is 0 Å². The van der Waals surface area contributed by atoms with Crippen molar-refractivity contribution in [2.45, 2.75) is 30.7 Å². The fourth-order valence-electron chi connectivity index (χ4n) is 2.07. The molecule has 20 heavy (non-hydrogen) atoms. The molecule has 1 fully saturated rings. The highest BCUT2D eigenvalue weighted by molar-refractivity contribution is 5.80. The SMILES string of the molecule is Nc1nc(C2O[C@H](O)[C@H](O)[C@@H](O)[C@H]2O)nc2nc[nH]c12. The predicted molar refractivity (Wildman–Crippen MR) is 63.9 cm³/mol. The number of aliphatic hydroxyl groups is 4. The third-order valence-corrected chi connectivity index (χ3v) is 3.17. The van der Waals surface area contributed by atoms with Crippen LogP contribution in [0.15, 0.2) is 6.33 Å². The van der Waals surface area contributed by atoms with Crippen LogP contribution in [0.5, 0.6) is 0 Å². The molecule has 2 aromatic rings. The van der Waals surface area contributed by atoms with Crippen molar-refractivity contribution >= 4 is 17.0 Å². The Morgan fingerprint density at radius 2 is 1.85 bits per heavy atom. The average molecular weight is 283 g/mol. The van der Waals surface area contributed by atoms with Gasteiger partial charge in [-0.2, -0.15) is 0 Å². The Hall–Kier alpha value is -1.85. The van der Waals surface area contributed by atoms with Crippen LogP contribution in [0.3, 0.4) is 0 Å². The van der Waals surface area contributed by atoms with Gasteiger partial charge >= 0.3 is 0 Å². The van der Waals surface area contributed by atoms with Crippen LogP contribution in [-0.4, -0.2) is 65.0 Å². The summed E-state index contributed by atoms with van der Waals surface area (Å²) < 4.78 is 5.02. The van der Waals surface area contributed by atoms with Gasteiger partial charge in [-0.1, -0.05) is 0 Å². The second kappa shape index (κ2) is 4.61. The van der Waals surface area contributed by atoms with Crippen molar-refractivity contribution in [2.75, 3.05) is 5.73 Å². The highest BCUT2D eigenvalue weighted by Crippen LogP contribution is 2.30. The lowest BCUT2D eigenvalue weighted by Crippen LogP contribution is -2.54. The van der Waals surface area contributed by atoms with Crippen LogP contribution >= 0.6 is 0 Å². The molecule has 3 heterocycles. The minimum absolute atomic E-state index is 0.0420. The van der Waals surface area contributed by atoms with Gasteiger partial charge in [0.15, 0.2) is 23.6 Å². The first-order chi connectivity index (χ1) is 9.49. The van der Waals surface area contributed by atoms with Crippen LogP contribution in [0.2, 0.25) is 0 Å². The van der Waals surface area contributed by atoms with Crippen molar-refractivity contribution < 1.29 is 25.2 Å². The van der Waals surface area contributed by atoms with Crippen LogP contribution in [-0.2, 0) is 4.74 Å². The van der Waals surface area contributed by atoms with Gasteiger partial charge in [0.1, 0.15) is 29.9 Å². The maximum Gasteiger partial charge on any atom is 0.184 e. The van der Waals surface area contributed by atoms with E-state index in [0.717, 1.165) is 0 Å². The molecule has 0 bridgehead atoms. The van der Waals surface area contributed by atoms with E-state index in [1.807, 2.05) is 0 Å². The number of nitrogens with one attached hydrogen (secondary N) is 1. The molecule has 5 atom stereocenters. The van der Waals surface area contributed by atoms with Gasteiger partial charge in [0, 0.05) is 0 Å². The molecule has 0 radical (unpaired) electrons. The van der Waals surface area contributed by atoms with E-state index in [4.69, 9.17) is 10.5 Å². The van der Waals surface area contributed by atoms with Crippen molar-refractivity contribution in [3.8, 4) is 0 Å². The molecular formula is C10H13N5O5. The van der Waals surface area contributed by atoms with Crippen molar-refractivity contribution in [1.82, 2.24) is 19.9 Å². The Morgan fingerprint density at radius 1 is 1.10 bits per heavy atom. The highest BCUT2D eigenvalue weighted by Gasteiger charge is 2.45. The lowest BCUT2D eigenvalue weighted by molar-refractivity contribution is -0.285. The fraction of sp³-hybridized carbons (Fsp3) is 0.500. The summed E-state index contributed by atoms with van der Waals surface area (Å²) in [4.78, 5) is 14.7. The molecule has 10 nitrogen and oxygen atoms in total. The number of aromatic amines is 1. The third kappa shape index (κ3) is 1.90. The molecule has 0 aromatic carbocycles. The Labute approximate surface area is 111 Å². The predicted octanol–water partition coefficient (Wildman–Crippen LogP) is -2.59. The Bertz CT molecular complexity index is 634. The largest absolute Gasteiger partial charge is 0.387 e. The van der Waals surface area contributed by atoms with Gasteiger partial charge in [0.25, 0.3) is 0 Å². The molecule has 0 spiro atoms. The van der Waals surface area contributed by atoms with Crippen LogP contribution in [0.1, 0.15) is 11.9 Å². The molecule has 0 saturated carbocycles. The number of H-pyrrole nitrogens is 1. The smallest absolute Gasteiger partial charge is 0.184 e. The number of ether oxygens (including phenoxy) is 1. The molecule has 1 aliphatic rings. The molecule has 108 valence electrons. The summed E-state index contributed by atoms with van der Waals surface area (Å²) in [5.41, 5.74) is 6.41. The number of hydrogen-bond acceptors (Lipinski definition) is 9. The number of nitrogens with two attached hydrogens (primary N) is 1. The summed E-state index contributed by atoms with van der Waals surface area (Å²) in [5.74, 6) is 0.0491. The maximum absolute atomic E-state index is 9.90. The molecule has 2 aromatic heterocycles. The van der Waals surface area contributed by atoms with Gasteiger partial charge in [-0.3, -0.25) is 0 Å². The van der Waals surface area contributed by atoms with E-state index in [9.17, 15) is 20.4 Å². The zero-order chi connectivity index (χ0) is 14.4. The van der Waals surface area contributed by atoms with Gasteiger partial charge in [0.2, 0.25) is 0 Å². The fourth-order valence-corrected chi connectivity index (χ4v) is 2.07. The molecule has 1 unspecified atom stereocenters. The number of aromatic nitrogens is 4. The van der Waals surface area contributed by atoms with Crippen LogP contribution in [0.4, 0.5) is 5.82 Å². The summed E-state index contributed by atoms with van der Waals surface area (Å²) in [6, 6.07) is 0. The zero-order valence-corrected chi connectivity index (χ0v) is 10.1. The molecule has 1 saturated heterocycles. The van der Waals surface area contributed by atoms with Gasteiger partial charge in [0.05, 0.1) is 6.33 Å². The van der Waals surface area contributed by atoms with Crippen molar-refractivity contribution in [3.63, 3.8) is 0 Å². The Morgan fingerprint density at radius 3 is 2.60 bits per heavy atom. The van der Waals surface area contributed by atoms with E-state index in [0.29, 0.717) is 5.52 Å². The van der Waals surface area contributed by atoms with E-state index in [-0.39, 0.29) is 17.3 Å². The number of hydrogen-bond donors (Lipinski definition) is 6. The van der Waals surface area contributed by atoms with E-state index >= 15 is 0 Å². The van der Waals surface area contributed by atoms with Crippen LogP contribution in [0.25, 0.3) is 11.2 Å². The standard InChI is InChI=1S/C10H13N5O5/c11-7-2-8(13-1-12-2)15-9(14-7)6-4(17)3(16)5(18)10(19)20-6/h1,3-6,10,16-19H,(H3,11,12,13,14,15)/t3-,4+,5+,6?,10-/m0/s1. The molecule has 0 aliphatic carbocycles. The first-order valence-electron chi connectivity index (χ1n) is 5.83. The number of nitrogens with zero attached hydrogens (tertiary/aromatic N) is 3. The topological polar surface area (TPSA) is 171 Å². The van der Waals surface area contributed by atoms with Crippen LogP contribution < -0.4 is 5.73 Å². The van der Waals surface area contributed by atoms with E-state index in [1.165, 1.54) is 6.33 Å². The molecule has 1 aliphatic heterocycles. The number of rotatable bonds is 1. The lowest BCUT2D eigenvalue weighted by Gasteiger charge is -2.37. The highest BCUT2D eigenvalue weighted by atomic mass is 16.6. The minimum Gasteiger partial charge on any atom is -0.387 e. The van der Waals surface area contributed by atoms with E-state index in [1.54, 1.807) is 0 Å². The third-order valence-electron chi connectivity index (χ3n) is 3.17. The van der Waals surface area contributed by atoms with Crippen LogP contribution in [0, 0.1) is 0 Å². The summed E-state index contributed by atoms with van der Waals surface area (Å²) in [7, 11) is 0. The average Bonchev–Trinajstić information content (AvgIpc) is 2.89. The summed E-state index contributed by atoms with van der Waals surface area (Å²) >= 11 is 0. The van der Waals surface area contributed by atoms with Crippen molar-refractivity contribution in [2.24, 2.45) is 0 Å². The van der Waals surface area contributed by atoms with Gasteiger partial charge in [-0.25, -0.2) is 15.0 Å². The molecule has 0 amide bonds. The minimum atomic E-state index is -1.67. The van der Waals surface area contributed by atoms with E-state index < -0.39 is 30.7 Å². The summed E-state index contributed by atoms with van der Waals surface area (Å²) in [6.45, 7) is 0. The maximum atomic E-state index is 9.90. The molecule has 3 rings (SSSR count). The van der Waals surface area contributed by atoms with Crippen molar-refractivity contribution in [3.05, 3.63) is 12.2 Å². The first-order valence-corrected chi connectivity index (χ1v) is 5.83. The second-order valence-corrected chi connectivity index (χ2v) is 4.49. The summed E-state index contributed by atoms with van der Waals surface area (Å²) in [6.07, 6.45) is -6.24.